The number of H-pyrrole nitrogens is 1. The lowest BCUT2D eigenvalue weighted by Crippen LogP contribution is -2.49. The van der Waals surface area contributed by atoms with Crippen molar-refractivity contribution in [2.75, 3.05) is 13.2 Å². The Labute approximate surface area is 146 Å². The molecule has 4 rings (SSSR count). The number of nitrogens with one attached hydrogen (secondary N) is 1. The van der Waals surface area contributed by atoms with Gasteiger partial charge in [-0.3, -0.25) is 4.79 Å². The van der Waals surface area contributed by atoms with Gasteiger partial charge >= 0.3 is 0 Å². The highest BCUT2D eigenvalue weighted by Crippen LogP contribution is 2.42. The van der Waals surface area contributed by atoms with E-state index in [0.29, 0.717) is 12.4 Å². The number of amides is 1. The number of aromatic amines is 1. The molecule has 1 amide bonds. The summed E-state index contributed by atoms with van der Waals surface area (Å²) in [6.07, 6.45) is 5.64. The SMILES string of the molecule is O=C(N1CCC[C@H]1COc1ccccc1)C1(c2nn[nH]n2)CCCC1. The molecule has 1 aromatic heterocycles. The second-order valence-electron chi connectivity index (χ2n) is 6.94. The summed E-state index contributed by atoms with van der Waals surface area (Å²) >= 11 is 0. The van der Waals surface area contributed by atoms with Gasteiger partial charge in [-0.1, -0.05) is 36.3 Å². The lowest BCUT2D eigenvalue weighted by molar-refractivity contribution is -0.139. The van der Waals surface area contributed by atoms with Crippen molar-refractivity contribution in [2.45, 2.75) is 50.0 Å². The fourth-order valence-corrected chi connectivity index (χ4v) is 4.14. The molecule has 0 spiro atoms. The molecular weight excluding hydrogens is 318 g/mol. The first kappa shape index (κ1) is 16.1. The Morgan fingerprint density at radius 2 is 2.04 bits per heavy atom. The van der Waals surface area contributed by atoms with E-state index >= 15 is 0 Å². The van der Waals surface area contributed by atoms with Crippen LogP contribution in [0.1, 0.15) is 44.3 Å². The first-order valence-electron chi connectivity index (χ1n) is 9.02. The zero-order valence-corrected chi connectivity index (χ0v) is 14.2. The number of tetrazole rings is 1. The molecule has 1 aliphatic carbocycles. The van der Waals surface area contributed by atoms with Gasteiger partial charge < -0.3 is 9.64 Å². The quantitative estimate of drug-likeness (QED) is 0.900. The molecule has 1 aliphatic heterocycles. The second kappa shape index (κ2) is 6.82. The molecule has 25 heavy (non-hydrogen) atoms. The van der Waals surface area contributed by atoms with Crippen molar-refractivity contribution >= 4 is 5.91 Å². The van der Waals surface area contributed by atoms with Crippen LogP contribution in [0.4, 0.5) is 0 Å². The molecule has 0 bridgehead atoms. The van der Waals surface area contributed by atoms with Crippen LogP contribution in [-0.2, 0) is 10.2 Å². The van der Waals surface area contributed by atoms with Crippen molar-refractivity contribution in [1.29, 1.82) is 0 Å². The van der Waals surface area contributed by atoms with Crippen molar-refractivity contribution in [3.63, 3.8) is 0 Å². The van der Waals surface area contributed by atoms with E-state index in [0.717, 1.165) is 50.8 Å². The van der Waals surface area contributed by atoms with Crippen LogP contribution in [0.25, 0.3) is 0 Å². The van der Waals surface area contributed by atoms with E-state index in [1.165, 1.54) is 0 Å². The summed E-state index contributed by atoms with van der Waals surface area (Å²) in [6.45, 7) is 1.30. The Kier molecular flexibility index (Phi) is 4.38. The number of carbonyl (C=O) groups is 1. The van der Waals surface area contributed by atoms with Crippen LogP contribution in [0.3, 0.4) is 0 Å². The molecule has 2 heterocycles. The monoisotopic (exact) mass is 341 g/mol. The van der Waals surface area contributed by atoms with Gasteiger partial charge in [0.05, 0.1) is 6.04 Å². The summed E-state index contributed by atoms with van der Waals surface area (Å²) in [5.41, 5.74) is -0.609. The molecule has 1 N–H and O–H groups in total. The minimum atomic E-state index is -0.609. The van der Waals surface area contributed by atoms with E-state index in [9.17, 15) is 4.79 Å². The number of carbonyl (C=O) groups excluding carboxylic acids is 1. The van der Waals surface area contributed by atoms with Crippen molar-refractivity contribution in [2.24, 2.45) is 0 Å². The summed E-state index contributed by atoms with van der Waals surface area (Å²) < 4.78 is 5.91. The van der Waals surface area contributed by atoms with Crippen LogP contribution in [0.5, 0.6) is 5.75 Å². The molecule has 1 saturated carbocycles. The van der Waals surface area contributed by atoms with Gasteiger partial charge in [0.25, 0.3) is 0 Å². The van der Waals surface area contributed by atoms with E-state index in [4.69, 9.17) is 4.74 Å². The summed E-state index contributed by atoms with van der Waals surface area (Å²) in [5.74, 6) is 1.53. The molecule has 7 heteroatoms. The van der Waals surface area contributed by atoms with Crippen LogP contribution in [0.15, 0.2) is 30.3 Å². The maximum absolute atomic E-state index is 13.4. The molecule has 2 aromatic rings. The number of hydrogen-bond donors (Lipinski definition) is 1. The Bertz CT molecular complexity index is 698. The third-order valence-electron chi connectivity index (χ3n) is 5.46. The molecule has 1 atom stereocenters. The average molecular weight is 341 g/mol. The number of nitrogens with zero attached hydrogens (tertiary/aromatic N) is 4. The molecule has 1 aromatic carbocycles. The summed E-state index contributed by atoms with van der Waals surface area (Å²) in [6, 6.07) is 9.87. The molecule has 7 nitrogen and oxygen atoms in total. The lowest BCUT2D eigenvalue weighted by Gasteiger charge is -2.33. The van der Waals surface area contributed by atoms with Gasteiger partial charge in [0.2, 0.25) is 5.91 Å². The highest BCUT2D eigenvalue weighted by Gasteiger charge is 2.50. The first-order valence-corrected chi connectivity index (χ1v) is 9.02. The van der Waals surface area contributed by atoms with Gasteiger partial charge in [0, 0.05) is 6.54 Å². The second-order valence-corrected chi connectivity index (χ2v) is 6.94. The lowest BCUT2D eigenvalue weighted by atomic mass is 9.83. The van der Waals surface area contributed by atoms with E-state index in [2.05, 4.69) is 20.6 Å². The normalized spacial score (nSPS) is 22.2. The molecule has 0 radical (unpaired) electrons. The van der Waals surface area contributed by atoms with Crippen LogP contribution in [0, 0.1) is 0 Å². The van der Waals surface area contributed by atoms with Gasteiger partial charge in [-0.05, 0) is 37.8 Å². The van der Waals surface area contributed by atoms with Crippen molar-refractivity contribution in [1.82, 2.24) is 25.5 Å². The molecule has 2 fully saturated rings. The van der Waals surface area contributed by atoms with Gasteiger partial charge in [0.15, 0.2) is 5.82 Å². The van der Waals surface area contributed by atoms with Gasteiger partial charge in [-0.15, -0.1) is 10.2 Å². The molecule has 0 unspecified atom stereocenters. The molecule has 132 valence electrons. The highest BCUT2D eigenvalue weighted by atomic mass is 16.5. The van der Waals surface area contributed by atoms with Gasteiger partial charge in [-0.25, -0.2) is 0 Å². The molecular formula is C18H23N5O2. The maximum Gasteiger partial charge on any atom is 0.237 e. The largest absolute Gasteiger partial charge is 0.491 e. The van der Waals surface area contributed by atoms with Crippen LogP contribution < -0.4 is 4.74 Å². The zero-order chi connectivity index (χ0) is 17.1. The maximum atomic E-state index is 13.4. The van der Waals surface area contributed by atoms with E-state index in [1.807, 2.05) is 35.2 Å². The fourth-order valence-electron chi connectivity index (χ4n) is 4.14. The minimum Gasteiger partial charge on any atom is -0.491 e. The Balaban J connectivity index is 1.50. The van der Waals surface area contributed by atoms with Crippen molar-refractivity contribution in [3.05, 3.63) is 36.2 Å². The van der Waals surface area contributed by atoms with Crippen molar-refractivity contribution in [3.8, 4) is 5.75 Å². The van der Waals surface area contributed by atoms with E-state index < -0.39 is 5.41 Å². The minimum absolute atomic E-state index is 0.108. The number of ether oxygens (including phenoxy) is 1. The number of hydrogen-bond acceptors (Lipinski definition) is 5. The average Bonchev–Trinajstić information content (AvgIpc) is 3.41. The predicted molar refractivity (Wildman–Crippen MR) is 91.0 cm³/mol. The third-order valence-corrected chi connectivity index (χ3v) is 5.46. The number of para-hydroxylation sites is 1. The number of rotatable bonds is 5. The topological polar surface area (TPSA) is 84.0 Å². The van der Waals surface area contributed by atoms with Crippen molar-refractivity contribution < 1.29 is 9.53 Å². The molecule has 1 saturated heterocycles. The van der Waals surface area contributed by atoms with Crippen LogP contribution >= 0.6 is 0 Å². The summed E-state index contributed by atoms with van der Waals surface area (Å²) in [7, 11) is 0. The standard InChI is InChI=1S/C18H23N5O2/c24-17(18(10-4-5-11-18)16-19-21-22-20-16)23-12-6-7-14(23)13-25-15-8-2-1-3-9-15/h1-3,8-9,14H,4-7,10-13H2,(H,19,20,21,22)/t14-/m0/s1. The number of likely N-dealkylation sites (tertiary alicyclic amines) is 1. The summed E-state index contributed by atoms with van der Waals surface area (Å²) in [4.78, 5) is 15.4. The van der Waals surface area contributed by atoms with Gasteiger partial charge in [0.1, 0.15) is 17.8 Å². The Hall–Kier alpha value is -2.44. The number of benzene rings is 1. The predicted octanol–water partition coefficient (Wildman–Crippen LogP) is 2.08. The smallest absolute Gasteiger partial charge is 0.237 e. The van der Waals surface area contributed by atoms with Gasteiger partial charge in [-0.2, -0.15) is 5.21 Å². The number of aromatic nitrogens is 4. The van der Waals surface area contributed by atoms with E-state index in [-0.39, 0.29) is 11.9 Å². The zero-order valence-electron chi connectivity index (χ0n) is 14.2. The van der Waals surface area contributed by atoms with E-state index in [1.54, 1.807) is 0 Å². The third kappa shape index (κ3) is 2.99. The fraction of sp³-hybridized carbons (Fsp3) is 0.556. The Morgan fingerprint density at radius 1 is 1.24 bits per heavy atom. The molecule has 2 aliphatic rings. The highest BCUT2D eigenvalue weighted by molar-refractivity contribution is 5.88. The van der Waals surface area contributed by atoms with Crippen LogP contribution in [0.2, 0.25) is 0 Å². The van der Waals surface area contributed by atoms with Crippen LogP contribution in [-0.4, -0.2) is 50.6 Å². The first-order chi connectivity index (χ1) is 12.3. The Morgan fingerprint density at radius 3 is 2.76 bits per heavy atom. The summed E-state index contributed by atoms with van der Waals surface area (Å²) in [5, 5.41) is 14.5.